The van der Waals surface area contributed by atoms with Crippen LogP contribution in [-0.2, 0) is 9.84 Å². The monoisotopic (exact) mass is 236 g/mol. The number of rotatable bonds is 3. The highest BCUT2D eigenvalue weighted by molar-refractivity contribution is 7.91. The molecule has 0 aliphatic carbocycles. The van der Waals surface area contributed by atoms with Crippen molar-refractivity contribution in [2.75, 3.05) is 5.75 Å². The predicted octanol–water partition coefficient (Wildman–Crippen LogP) is 2.74. The predicted molar refractivity (Wildman–Crippen MR) is 61.9 cm³/mol. The standard InChI is InChI=1S/C12H12O3S/c1-2-16(13,14)11-7-5-10(6-8-11)12-4-3-9-15-12/h3-9H,2H2,1H3. The first-order valence-electron chi connectivity index (χ1n) is 5.00. The molecular weight excluding hydrogens is 224 g/mol. The van der Waals surface area contributed by atoms with Crippen molar-refractivity contribution in [3.8, 4) is 11.3 Å². The summed E-state index contributed by atoms with van der Waals surface area (Å²) < 4.78 is 28.4. The number of hydrogen-bond acceptors (Lipinski definition) is 3. The highest BCUT2D eigenvalue weighted by atomic mass is 32.2. The molecule has 0 saturated heterocycles. The van der Waals surface area contributed by atoms with Crippen LogP contribution in [0.4, 0.5) is 0 Å². The summed E-state index contributed by atoms with van der Waals surface area (Å²) >= 11 is 0. The summed E-state index contributed by atoms with van der Waals surface area (Å²) in [6.45, 7) is 1.63. The molecule has 0 spiro atoms. The summed E-state index contributed by atoms with van der Waals surface area (Å²) in [5, 5.41) is 0. The normalized spacial score (nSPS) is 11.6. The van der Waals surface area contributed by atoms with Gasteiger partial charge in [-0.3, -0.25) is 0 Å². The Kier molecular flexibility index (Phi) is 2.83. The third kappa shape index (κ3) is 2.02. The van der Waals surface area contributed by atoms with E-state index < -0.39 is 9.84 Å². The lowest BCUT2D eigenvalue weighted by atomic mass is 10.2. The lowest BCUT2D eigenvalue weighted by Crippen LogP contribution is -2.02. The Bertz CT molecular complexity index is 551. The summed E-state index contributed by atoms with van der Waals surface area (Å²) in [7, 11) is -3.11. The van der Waals surface area contributed by atoms with Crippen molar-refractivity contribution in [1.82, 2.24) is 0 Å². The van der Waals surface area contributed by atoms with Crippen molar-refractivity contribution in [2.24, 2.45) is 0 Å². The molecule has 2 rings (SSSR count). The molecule has 0 atom stereocenters. The van der Waals surface area contributed by atoms with E-state index in [1.54, 1.807) is 43.5 Å². The first-order chi connectivity index (χ1) is 7.63. The average Bonchev–Trinajstić information content (AvgIpc) is 2.83. The van der Waals surface area contributed by atoms with Crippen LogP contribution in [0.5, 0.6) is 0 Å². The largest absolute Gasteiger partial charge is 0.464 e. The molecule has 3 nitrogen and oxygen atoms in total. The van der Waals surface area contributed by atoms with Crippen LogP contribution in [0.3, 0.4) is 0 Å². The van der Waals surface area contributed by atoms with Crippen LogP contribution < -0.4 is 0 Å². The fourth-order valence-corrected chi connectivity index (χ4v) is 2.32. The molecule has 2 aromatic rings. The molecule has 0 amide bonds. The fraction of sp³-hybridized carbons (Fsp3) is 0.167. The number of sulfone groups is 1. The Morgan fingerprint density at radius 3 is 2.31 bits per heavy atom. The smallest absolute Gasteiger partial charge is 0.178 e. The van der Waals surface area contributed by atoms with E-state index in [1.807, 2.05) is 6.07 Å². The minimum Gasteiger partial charge on any atom is -0.464 e. The maximum atomic E-state index is 11.6. The van der Waals surface area contributed by atoms with Gasteiger partial charge < -0.3 is 4.42 Å². The van der Waals surface area contributed by atoms with Crippen LogP contribution >= 0.6 is 0 Å². The molecule has 1 aromatic carbocycles. The minimum atomic E-state index is -3.11. The van der Waals surface area contributed by atoms with E-state index in [1.165, 1.54) is 0 Å². The van der Waals surface area contributed by atoms with Crippen LogP contribution in [0.15, 0.2) is 52.0 Å². The zero-order chi connectivity index (χ0) is 11.6. The molecule has 0 aliphatic rings. The Morgan fingerprint density at radius 2 is 1.81 bits per heavy atom. The molecule has 0 unspecified atom stereocenters. The van der Waals surface area contributed by atoms with Crippen molar-refractivity contribution in [2.45, 2.75) is 11.8 Å². The van der Waals surface area contributed by atoms with Gasteiger partial charge in [-0.2, -0.15) is 0 Å². The molecule has 0 fully saturated rings. The van der Waals surface area contributed by atoms with Crippen molar-refractivity contribution in [3.63, 3.8) is 0 Å². The van der Waals surface area contributed by atoms with Crippen LogP contribution in [0.2, 0.25) is 0 Å². The zero-order valence-electron chi connectivity index (χ0n) is 8.88. The summed E-state index contributed by atoms with van der Waals surface area (Å²) in [6.07, 6.45) is 1.59. The third-order valence-corrected chi connectivity index (χ3v) is 4.15. The molecule has 4 heteroatoms. The first-order valence-corrected chi connectivity index (χ1v) is 6.65. The van der Waals surface area contributed by atoms with Crippen molar-refractivity contribution < 1.29 is 12.8 Å². The van der Waals surface area contributed by atoms with Crippen molar-refractivity contribution in [3.05, 3.63) is 42.7 Å². The van der Waals surface area contributed by atoms with Gasteiger partial charge >= 0.3 is 0 Å². The van der Waals surface area contributed by atoms with Crippen LogP contribution in [0.1, 0.15) is 6.92 Å². The van der Waals surface area contributed by atoms with Gasteiger partial charge in [0.2, 0.25) is 0 Å². The zero-order valence-corrected chi connectivity index (χ0v) is 9.70. The molecule has 84 valence electrons. The van der Waals surface area contributed by atoms with Gasteiger partial charge in [-0.05, 0) is 36.4 Å². The maximum Gasteiger partial charge on any atom is 0.178 e. The molecule has 1 heterocycles. The lowest BCUT2D eigenvalue weighted by Gasteiger charge is -2.02. The van der Waals surface area contributed by atoms with Gasteiger partial charge in [0, 0.05) is 5.56 Å². The fourth-order valence-electron chi connectivity index (χ4n) is 1.44. The first kappa shape index (κ1) is 11.0. The van der Waals surface area contributed by atoms with Crippen molar-refractivity contribution in [1.29, 1.82) is 0 Å². The van der Waals surface area contributed by atoms with E-state index in [9.17, 15) is 8.42 Å². The molecule has 16 heavy (non-hydrogen) atoms. The van der Waals surface area contributed by atoms with Gasteiger partial charge in [0.15, 0.2) is 9.84 Å². The third-order valence-electron chi connectivity index (χ3n) is 2.40. The molecule has 0 radical (unpaired) electrons. The molecule has 0 saturated carbocycles. The quantitative estimate of drug-likeness (QED) is 0.823. The van der Waals surface area contributed by atoms with Gasteiger partial charge in [0.25, 0.3) is 0 Å². The van der Waals surface area contributed by atoms with Crippen LogP contribution in [0, 0.1) is 0 Å². The molecular formula is C12H12O3S. The second kappa shape index (κ2) is 4.14. The summed E-state index contributed by atoms with van der Waals surface area (Å²) in [6, 6.07) is 10.4. The highest BCUT2D eigenvalue weighted by Gasteiger charge is 2.11. The minimum absolute atomic E-state index is 0.118. The highest BCUT2D eigenvalue weighted by Crippen LogP contribution is 2.21. The van der Waals surface area contributed by atoms with Gasteiger partial charge in [-0.1, -0.05) is 6.92 Å². The summed E-state index contributed by atoms with van der Waals surface area (Å²) in [5.74, 6) is 0.855. The second-order valence-corrected chi connectivity index (χ2v) is 5.68. The number of furan rings is 1. The molecule has 0 aliphatic heterocycles. The van der Waals surface area contributed by atoms with E-state index in [4.69, 9.17) is 4.42 Å². The molecule has 1 aromatic heterocycles. The molecule has 0 bridgehead atoms. The molecule has 0 N–H and O–H groups in total. The van der Waals surface area contributed by atoms with Gasteiger partial charge in [0.05, 0.1) is 16.9 Å². The van der Waals surface area contributed by atoms with E-state index >= 15 is 0 Å². The van der Waals surface area contributed by atoms with E-state index in [0.717, 1.165) is 11.3 Å². The number of hydrogen-bond donors (Lipinski definition) is 0. The van der Waals surface area contributed by atoms with Crippen LogP contribution in [0.25, 0.3) is 11.3 Å². The van der Waals surface area contributed by atoms with Gasteiger partial charge in [-0.15, -0.1) is 0 Å². The lowest BCUT2D eigenvalue weighted by molar-refractivity contribution is 0.582. The van der Waals surface area contributed by atoms with Gasteiger partial charge in [-0.25, -0.2) is 8.42 Å². The number of benzene rings is 1. The average molecular weight is 236 g/mol. The van der Waals surface area contributed by atoms with E-state index in [2.05, 4.69) is 0 Å². The Balaban J connectivity index is 2.38. The second-order valence-electron chi connectivity index (χ2n) is 3.41. The van der Waals surface area contributed by atoms with Crippen LogP contribution in [-0.4, -0.2) is 14.2 Å². The Hall–Kier alpha value is -1.55. The topological polar surface area (TPSA) is 47.3 Å². The van der Waals surface area contributed by atoms with Crippen molar-refractivity contribution >= 4 is 9.84 Å². The Morgan fingerprint density at radius 1 is 1.12 bits per heavy atom. The summed E-state index contributed by atoms with van der Waals surface area (Å²) in [4.78, 5) is 0.352. The Labute approximate surface area is 94.6 Å². The SMILES string of the molecule is CCS(=O)(=O)c1ccc(-c2ccco2)cc1. The summed E-state index contributed by atoms with van der Waals surface area (Å²) in [5.41, 5.74) is 0.875. The van der Waals surface area contributed by atoms with E-state index in [-0.39, 0.29) is 5.75 Å². The van der Waals surface area contributed by atoms with Gasteiger partial charge in [0.1, 0.15) is 5.76 Å². The maximum absolute atomic E-state index is 11.6. The van der Waals surface area contributed by atoms with E-state index in [0.29, 0.717) is 4.90 Å².